The molecule has 0 spiro atoms. The largest absolute Gasteiger partial charge is 0.472 e. The Hall–Kier alpha value is -3.53. The zero-order valence-electron chi connectivity index (χ0n) is 40.5. The SMILES string of the molecule is CC/C=C\C/C=C\C/C=C\C/C=C\CCCCCCCCC(=O)OC[C@H](COP(=O)(O)OC1[C@H](O)[C@H](O)C(O)[C@H](O)[C@H]1O)OC(=O)CC/C=C\C/C=C\C/C=C\C/C=C\CC1OC1C/C=C\CC. The van der Waals surface area contributed by atoms with Gasteiger partial charge < -0.3 is 44.6 Å². The number of phosphoric acid groups is 1. The second-order valence-electron chi connectivity index (χ2n) is 16.9. The number of carbonyl (C=O) groups excluding carboxylic acids is 2. The highest BCUT2D eigenvalue weighted by molar-refractivity contribution is 7.47. The fourth-order valence-corrected chi connectivity index (χ4v) is 7.96. The Kier molecular flexibility index (Phi) is 34.1. The first kappa shape index (κ1) is 60.6. The highest BCUT2D eigenvalue weighted by Gasteiger charge is 2.51. The van der Waals surface area contributed by atoms with Gasteiger partial charge in [0.1, 0.15) is 43.2 Å². The molecule has 1 heterocycles. The number of phosphoric ester groups is 1. The molecule has 0 aromatic carbocycles. The van der Waals surface area contributed by atoms with Crippen LogP contribution in [0.1, 0.15) is 142 Å². The number of hydrogen-bond acceptors (Lipinski definition) is 13. The zero-order chi connectivity index (χ0) is 49.7. The van der Waals surface area contributed by atoms with Crippen LogP contribution in [0.4, 0.5) is 0 Å². The smallest absolute Gasteiger partial charge is 0.462 e. The number of aliphatic hydroxyl groups excluding tert-OH is 5. The molecule has 0 aromatic heterocycles. The van der Waals surface area contributed by atoms with Gasteiger partial charge in [-0.25, -0.2) is 4.57 Å². The van der Waals surface area contributed by atoms with Gasteiger partial charge in [0.25, 0.3) is 0 Å². The molecule has 0 radical (unpaired) electrons. The molecule has 14 nitrogen and oxygen atoms in total. The molecule has 6 N–H and O–H groups in total. The number of allylic oxidation sites excluding steroid dienone is 16. The van der Waals surface area contributed by atoms with Gasteiger partial charge in [-0.1, -0.05) is 149 Å². The van der Waals surface area contributed by atoms with Crippen molar-refractivity contribution in [2.45, 2.75) is 197 Å². The highest BCUT2D eigenvalue weighted by Crippen LogP contribution is 2.47. The van der Waals surface area contributed by atoms with Gasteiger partial charge in [0, 0.05) is 12.8 Å². The van der Waals surface area contributed by atoms with E-state index < -0.39 is 75.7 Å². The lowest BCUT2D eigenvalue weighted by atomic mass is 9.85. The number of carbonyl (C=O) groups is 2. The molecule has 2 aliphatic rings. The van der Waals surface area contributed by atoms with E-state index >= 15 is 0 Å². The number of epoxide rings is 1. The molecule has 1 saturated carbocycles. The Morgan fingerprint density at radius 3 is 1.49 bits per heavy atom. The van der Waals surface area contributed by atoms with Crippen LogP contribution in [0.25, 0.3) is 0 Å². The molecule has 2 fully saturated rings. The molecule has 5 unspecified atom stereocenters. The first-order chi connectivity index (χ1) is 32.9. The van der Waals surface area contributed by atoms with Gasteiger partial charge >= 0.3 is 19.8 Å². The summed E-state index contributed by atoms with van der Waals surface area (Å²) in [4.78, 5) is 35.8. The molecular weight excluding hydrogens is 892 g/mol. The van der Waals surface area contributed by atoms with Gasteiger partial charge in [0.15, 0.2) is 6.10 Å². The molecule has 1 saturated heterocycles. The predicted molar refractivity (Wildman–Crippen MR) is 266 cm³/mol. The second kappa shape index (κ2) is 38.3. The van der Waals surface area contributed by atoms with E-state index in [1.54, 1.807) is 0 Å². The summed E-state index contributed by atoms with van der Waals surface area (Å²) < 4.78 is 39.2. The number of ether oxygens (including phenoxy) is 3. The Balaban J connectivity index is 1.72. The average molecular weight is 975 g/mol. The maximum absolute atomic E-state index is 12.8. The second-order valence-corrected chi connectivity index (χ2v) is 18.3. The van der Waals surface area contributed by atoms with Gasteiger partial charge in [-0.15, -0.1) is 0 Å². The van der Waals surface area contributed by atoms with E-state index in [4.69, 9.17) is 23.3 Å². The fourth-order valence-electron chi connectivity index (χ4n) is 6.99. The maximum atomic E-state index is 12.8. The molecule has 15 heteroatoms. The summed E-state index contributed by atoms with van der Waals surface area (Å²) in [5.74, 6) is -1.23. The van der Waals surface area contributed by atoms with E-state index in [-0.39, 0.29) is 12.8 Å². The van der Waals surface area contributed by atoms with Crippen molar-refractivity contribution < 1.29 is 67.8 Å². The molecular formula is C53H83O14P. The van der Waals surface area contributed by atoms with E-state index in [9.17, 15) is 44.6 Å². The monoisotopic (exact) mass is 975 g/mol. The van der Waals surface area contributed by atoms with Crippen molar-refractivity contribution in [1.29, 1.82) is 0 Å². The van der Waals surface area contributed by atoms with Crippen LogP contribution in [0.2, 0.25) is 0 Å². The van der Waals surface area contributed by atoms with Crippen molar-refractivity contribution in [1.82, 2.24) is 0 Å². The van der Waals surface area contributed by atoms with E-state index in [0.29, 0.717) is 31.5 Å². The van der Waals surface area contributed by atoms with Crippen molar-refractivity contribution in [3.8, 4) is 0 Å². The average Bonchev–Trinajstić information content (AvgIpc) is 4.08. The van der Waals surface area contributed by atoms with Gasteiger partial charge in [-0.05, 0) is 89.9 Å². The van der Waals surface area contributed by atoms with Gasteiger partial charge in [0.2, 0.25) is 0 Å². The Labute approximate surface area is 406 Å². The third-order valence-corrected chi connectivity index (χ3v) is 12.0. The standard InChI is InChI=1S/C53H83O14P/c1-3-5-7-8-9-10-11-12-13-14-15-16-17-18-22-25-28-31-35-39-46(54)63-41-43(42-64-68(61,62)67-53-51(59)49(57)48(56)50(58)52(53)60)65-47(55)40-36-32-29-26-23-20-19-21-24-27-30-34-38-45-44(66-45)37-33-6-4-2/h5-7,9-10,12-13,15-16,20-21,23-24,29-30,32-34,43-45,48-53,56-60H,3-4,8,11,14,17-19,22,25-28,31,35-42H2,1-2H3,(H,61,62)/b7-5-,10-9-,13-12-,16-15-,23-20-,24-21-,32-29-,33-6-,34-30-/t43-,44?,45?,48?,49-,50+,51-,52-,53?/m1/s1. The maximum Gasteiger partial charge on any atom is 0.472 e. The molecule has 0 aromatic rings. The number of esters is 2. The summed E-state index contributed by atoms with van der Waals surface area (Å²) in [6, 6.07) is 0. The van der Waals surface area contributed by atoms with Crippen molar-refractivity contribution >= 4 is 19.8 Å². The van der Waals surface area contributed by atoms with Crippen LogP contribution in [0, 0.1) is 0 Å². The molecule has 0 amide bonds. The molecule has 10 atom stereocenters. The molecule has 68 heavy (non-hydrogen) atoms. The first-order valence-electron chi connectivity index (χ1n) is 24.8. The van der Waals surface area contributed by atoms with Crippen LogP contribution < -0.4 is 0 Å². The van der Waals surface area contributed by atoms with Gasteiger partial charge in [-0.3, -0.25) is 18.6 Å². The van der Waals surface area contributed by atoms with E-state index in [1.807, 2.05) is 18.2 Å². The quantitative estimate of drug-likeness (QED) is 0.0112. The number of rotatable bonds is 38. The summed E-state index contributed by atoms with van der Waals surface area (Å²) in [5.41, 5.74) is 0. The summed E-state index contributed by atoms with van der Waals surface area (Å²) in [6.07, 6.45) is 41.8. The Morgan fingerprint density at radius 1 is 0.515 bits per heavy atom. The molecule has 2 rings (SSSR count). The van der Waals surface area contributed by atoms with Crippen LogP contribution >= 0.6 is 7.82 Å². The van der Waals surface area contributed by atoms with Crippen molar-refractivity contribution in [2.75, 3.05) is 13.2 Å². The number of aliphatic hydroxyl groups is 5. The lowest BCUT2D eigenvalue weighted by Crippen LogP contribution is -2.64. The minimum Gasteiger partial charge on any atom is -0.462 e. The van der Waals surface area contributed by atoms with Crippen LogP contribution in [-0.2, 0) is 37.4 Å². The number of hydrogen-bond donors (Lipinski definition) is 6. The minimum atomic E-state index is -5.16. The van der Waals surface area contributed by atoms with E-state index in [0.717, 1.165) is 96.3 Å². The van der Waals surface area contributed by atoms with Crippen LogP contribution in [0.5, 0.6) is 0 Å². The van der Waals surface area contributed by atoms with E-state index in [2.05, 4.69) is 105 Å². The van der Waals surface area contributed by atoms with Gasteiger partial charge in [-0.2, -0.15) is 0 Å². The third kappa shape index (κ3) is 29.5. The Bertz CT molecular complexity index is 1670. The summed E-state index contributed by atoms with van der Waals surface area (Å²) in [5, 5.41) is 50.2. The lowest BCUT2D eigenvalue weighted by molar-refractivity contribution is -0.220. The van der Waals surface area contributed by atoms with Crippen molar-refractivity contribution in [3.05, 3.63) is 109 Å². The normalized spacial score (nSPS) is 24.9. The van der Waals surface area contributed by atoms with Crippen molar-refractivity contribution in [2.24, 2.45) is 0 Å². The lowest BCUT2D eigenvalue weighted by Gasteiger charge is -2.41. The third-order valence-electron chi connectivity index (χ3n) is 11.0. The molecule has 384 valence electrons. The van der Waals surface area contributed by atoms with Crippen LogP contribution in [0.3, 0.4) is 0 Å². The topological polar surface area (TPSA) is 222 Å². The van der Waals surface area contributed by atoms with Gasteiger partial charge in [0.05, 0.1) is 18.8 Å². The number of unbranched alkanes of at least 4 members (excludes halogenated alkanes) is 6. The zero-order valence-corrected chi connectivity index (χ0v) is 41.4. The summed E-state index contributed by atoms with van der Waals surface area (Å²) in [6.45, 7) is 2.99. The van der Waals surface area contributed by atoms with Crippen molar-refractivity contribution in [3.63, 3.8) is 0 Å². The van der Waals surface area contributed by atoms with Crippen LogP contribution in [-0.4, -0.2) is 111 Å². The summed E-state index contributed by atoms with van der Waals surface area (Å²) >= 11 is 0. The molecule has 0 bridgehead atoms. The van der Waals surface area contributed by atoms with Crippen LogP contribution in [0.15, 0.2) is 109 Å². The summed E-state index contributed by atoms with van der Waals surface area (Å²) in [7, 11) is -5.16. The van der Waals surface area contributed by atoms with E-state index in [1.165, 1.54) is 0 Å². The first-order valence-corrected chi connectivity index (χ1v) is 26.3. The highest BCUT2D eigenvalue weighted by atomic mass is 31.2. The molecule has 1 aliphatic carbocycles. The predicted octanol–water partition coefficient (Wildman–Crippen LogP) is 9.38. The Morgan fingerprint density at radius 2 is 0.941 bits per heavy atom. The molecule has 1 aliphatic heterocycles. The fraction of sp³-hybridized carbons (Fsp3) is 0.623. The minimum absolute atomic E-state index is 0.0420.